The highest BCUT2D eigenvalue weighted by molar-refractivity contribution is 5.93. The average molecular weight is 399 g/mol. The minimum Gasteiger partial charge on any atom is -0.466 e. The van der Waals surface area contributed by atoms with Crippen molar-refractivity contribution >= 4 is 11.9 Å². The van der Waals surface area contributed by atoms with Gasteiger partial charge in [-0.3, -0.25) is 9.59 Å². The van der Waals surface area contributed by atoms with Crippen molar-refractivity contribution < 1.29 is 18.8 Å². The van der Waals surface area contributed by atoms with Gasteiger partial charge in [0, 0.05) is 25.6 Å². The summed E-state index contributed by atoms with van der Waals surface area (Å²) in [4.78, 5) is 27.8. The molecule has 0 N–H and O–H groups in total. The molecule has 0 aliphatic carbocycles. The molecular weight excluding hydrogens is 368 g/mol. The van der Waals surface area contributed by atoms with E-state index in [4.69, 9.17) is 9.26 Å². The number of benzene rings is 1. The van der Waals surface area contributed by atoms with E-state index in [0.29, 0.717) is 44.0 Å². The molecule has 29 heavy (non-hydrogen) atoms. The largest absolute Gasteiger partial charge is 0.466 e. The van der Waals surface area contributed by atoms with Crippen molar-refractivity contribution in [1.82, 2.24) is 10.1 Å². The van der Waals surface area contributed by atoms with Gasteiger partial charge in [-0.25, -0.2) is 0 Å². The quantitative estimate of drug-likeness (QED) is 0.660. The van der Waals surface area contributed by atoms with Crippen LogP contribution in [0.4, 0.5) is 0 Å². The van der Waals surface area contributed by atoms with Crippen LogP contribution in [0.2, 0.25) is 0 Å². The maximum Gasteiger partial charge on any atom is 0.314 e. The molecule has 6 heteroatoms. The Kier molecular flexibility index (Phi) is 6.72. The smallest absolute Gasteiger partial charge is 0.314 e. The van der Waals surface area contributed by atoms with Crippen LogP contribution in [0.25, 0.3) is 0 Å². The van der Waals surface area contributed by atoms with Crippen LogP contribution in [0.5, 0.6) is 0 Å². The van der Waals surface area contributed by atoms with Gasteiger partial charge in [0.25, 0.3) is 5.91 Å². The van der Waals surface area contributed by atoms with E-state index in [0.717, 1.165) is 30.4 Å². The van der Waals surface area contributed by atoms with Gasteiger partial charge in [0.1, 0.15) is 5.76 Å². The molecule has 1 saturated heterocycles. The average Bonchev–Trinajstić information content (AvgIpc) is 3.18. The molecule has 0 unspecified atom stereocenters. The minimum absolute atomic E-state index is 0.186. The highest BCUT2D eigenvalue weighted by Gasteiger charge is 2.45. The third-order valence-electron chi connectivity index (χ3n) is 5.64. The van der Waals surface area contributed by atoms with Crippen molar-refractivity contribution in [2.75, 3.05) is 19.7 Å². The summed E-state index contributed by atoms with van der Waals surface area (Å²) in [5, 5.41) is 3.95. The third kappa shape index (κ3) is 4.69. The fraction of sp³-hybridized carbons (Fsp3) is 0.522. The number of hydrogen-bond acceptors (Lipinski definition) is 5. The number of rotatable bonds is 7. The summed E-state index contributed by atoms with van der Waals surface area (Å²) >= 11 is 0. The predicted molar refractivity (Wildman–Crippen MR) is 110 cm³/mol. The number of carbonyl (C=O) groups excluding carboxylic acids is 2. The Hall–Kier alpha value is -2.63. The van der Waals surface area contributed by atoms with Crippen molar-refractivity contribution in [3.05, 3.63) is 52.9 Å². The van der Waals surface area contributed by atoms with Gasteiger partial charge in [-0.05, 0) is 50.7 Å². The molecule has 6 nitrogen and oxygen atoms in total. The molecule has 2 aromatic rings. The molecule has 1 aromatic heterocycles. The number of likely N-dealkylation sites (tertiary alicyclic amines) is 1. The van der Waals surface area contributed by atoms with Crippen LogP contribution in [0.1, 0.15) is 60.5 Å². The topological polar surface area (TPSA) is 72.6 Å². The van der Waals surface area contributed by atoms with E-state index in [1.807, 2.05) is 45.0 Å². The Morgan fingerprint density at radius 1 is 1.28 bits per heavy atom. The van der Waals surface area contributed by atoms with Crippen molar-refractivity contribution in [2.45, 2.75) is 52.9 Å². The predicted octanol–water partition coefficient (Wildman–Crippen LogP) is 3.96. The van der Waals surface area contributed by atoms with Crippen molar-refractivity contribution in [1.29, 1.82) is 0 Å². The van der Waals surface area contributed by atoms with Crippen LogP contribution in [0.3, 0.4) is 0 Å². The molecule has 3 rings (SSSR count). The SMILES string of the molecule is CCCc1cc(C(=O)N2CCC[C@@](Cc3ccccc3C)(C(=O)OCC)C2)no1. The molecule has 1 amide bonds. The molecule has 0 bridgehead atoms. The first-order chi connectivity index (χ1) is 14.0. The van der Waals surface area contributed by atoms with E-state index in [1.165, 1.54) is 0 Å². The van der Waals surface area contributed by atoms with Gasteiger partial charge in [-0.2, -0.15) is 0 Å². The maximum atomic E-state index is 13.1. The fourth-order valence-electron chi connectivity index (χ4n) is 4.09. The molecule has 2 heterocycles. The molecule has 0 saturated carbocycles. The summed E-state index contributed by atoms with van der Waals surface area (Å²) < 4.78 is 10.7. The number of aryl methyl sites for hydroxylation is 2. The van der Waals surface area contributed by atoms with Gasteiger partial charge in [-0.1, -0.05) is 36.3 Å². The van der Waals surface area contributed by atoms with E-state index in [2.05, 4.69) is 5.16 Å². The van der Waals surface area contributed by atoms with E-state index >= 15 is 0 Å². The molecule has 1 atom stereocenters. The second-order valence-corrected chi connectivity index (χ2v) is 7.86. The van der Waals surface area contributed by atoms with Crippen LogP contribution in [-0.2, 0) is 22.4 Å². The summed E-state index contributed by atoms with van der Waals surface area (Å²) in [6.07, 6.45) is 3.68. The zero-order valence-corrected chi connectivity index (χ0v) is 17.6. The van der Waals surface area contributed by atoms with Gasteiger partial charge >= 0.3 is 5.97 Å². The number of piperidine rings is 1. The number of aromatic nitrogens is 1. The molecule has 1 aliphatic heterocycles. The summed E-state index contributed by atoms with van der Waals surface area (Å²) in [5.41, 5.74) is 1.82. The minimum atomic E-state index is -0.744. The first-order valence-electron chi connectivity index (χ1n) is 10.5. The lowest BCUT2D eigenvalue weighted by molar-refractivity contribution is -0.158. The standard InChI is InChI=1S/C23H30N2O4/c1-4-9-19-14-20(24-29-19)21(26)25-13-8-12-23(16-25,22(27)28-5-2)15-18-11-7-6-10-17(18)3/h6-7,10-11,14H,4-5,8-9,12-13,15-16H2,1-3H3/t23-/m0/s1. The number of hydrogen-bond donors (Lipinski definition) is 0. The number of amides is 1. The molecular formula is C23H30N2O4. The lowest BCUT2D eigenvalue weighted by Gasteiger charge is -2.41. The van der Waals surface area contributed by atoms with Crippen LogP contribution in [0, 0.1) is 12.3 Å². The molecule has 1 fully saturated rings. The number of nitrogens with zero attached hydrogens (tertiary/aromatic N) is 2. The lowest BCUT2D eigenvalue weighted by Crippen LogP contribution is -2.51. The number of esters is 1. The highest BCUT2D eigenvalue weighted by Crippen LogP contribution is 2.36. The van der Waals surface area contributed by atoms with Crippen LogP contribution >= 0.6 is 0 Å². The lowest BCUT2D eigenvalue weighted by atomic mass is 9.74. The normalized spacial score (nSPS) is 19.2. The first kappa shape index (κ1) is 21.1. The number of carbonyl (C=O) groups is 2. The van der Waals surface area contributed by atoms with E-state index in [9.17, 15) is 9.59 Å². The molecule has 156 valence electrons. The van der Waals surface area contributed by atoms with Gasteiger partial charge < -0.3 is 14.2 Å². The highest BCUT2D eigenvalue weighted by atomic mass is 16.5. The summed E-state index contributed by atoms with van der Waals surface area (Å²) in [6, 6.07) is 9.78. The number of ether oxygens (including phenoxy) is 1. The Morgan fingerprint density at radius 3 is 2.79 bits per heavy atom. The second kappa shape index (κ2) is 9.25. The fourth-order valence-corrected chi connectivity index (χ4v) is 4.09. The Balaban J connectivity index is 1.85. The van der Waals surface area contributed by atoms with Gasteiger partial charge in [0.05, 0.1) is 12.0 Å². The second-order valence-electron chi connectivity index (χ2n) is 7.86. The zero-order valence-electron chi connectivity index (χ0n) is 17.6. The summed E-state index contributed by atoms with van der Waals surface area (Å²) in [5.74, 6) is 0.297. The monoisotopic (exact) mass is 398 g/mol. The molecule has 0 radical (unpaired) electrons. The van der Waals surface area contributed by atoms with Crippen LogP contribution < -0.4 is 0 Å². The Morgan fingerprint density at radius 2 is 2.07 bits per heavy atom. The van der Waals surface area contributed by atoms with Gasteiger partial charge in [0.2, 0.25) is 0 Å². The van der Waals surface area contributed by atoms with Crippen LogP contribution in [0.15, 0.2) is 34.9 Å². The zero-order chi connectivity index (χ0) is 20.9. The van der Waals surface area contributed by atoms with Crippen molar-refractivity contribution in [3.8, 4) is 0 Å². The molecule has 1 aromatic carbocycles. The Labute approximate surface area is 172 Å². The molecule has 1 aliphatic rings. The summed E-state index contributed by atoms with van der Waals surface area (Å²) in [6.45, 7) is 7.17. The van der Waals surface area contributed by atoms with Crippen LogP contribution in [-0.4, -0.2) is 41.6 Å². The first-order valence-corrected chi connectivity index (χ1v) is 10.5. The van der Waals surface area contributed by atoms with Crippen molar-refractivity contribution in [2.24, 2.45) is 5.41 Å². The van der Waals surface area contributed by atoms with Gasteiger partial charge in [-0.15, -0.1) is 0 Å². The van der Waals surface area contributed by atoms with Gasteiger partial charge in [0.15, 0.2) is 5.69 Å². The third-order valence-corrected chi connectivity index (χ3v) is 5.64. The van der Waals surface area contributed by atoms with E-state index in [1.54, 1.807) is 11.0 Å². The van der Waals surface area contributed by atoms with E-state index in [-0.39, 0.29) is 11.9 Å². The maximum absolute atomic E-state index is 13.1. The molecule has 0 spiro atoms. The van der Waals surface area contributed by atoms with E-state index < -0.39 is 5.41 Å². The Bertz CT molecular complexity index is 860. The van der Waals surface area contributed by atoms with Crippen molar-refractivity contribution in [3.63, 3.8) is 0 Å². The summed E-state index contributed by atoms with van der Waals surface area (Å²) in [7, 11) is 0.